The van der Waals surface area contributed by atoms with Gasteiger partial charge in [-0.25, -0.2) is 0 Å². The Labute approximate surface area is 429 Å². The first-order chi connectivity index (χ1) is 36.2. The highest BCUT2D eigenvalue weighted by Crippen LogP contribution is 2.62. The van der Waals surface area contributed by atoms with Gasteiger partial charge in [0.25, 0.3) is 11.6 Å². The van der Waals surface area contributed by atoms with E-state index in [9.17, 15) is 30.4 Å². The summed E-state index contributed by atoms with van der Waals surface area (Å²) >= 11 is 0. The molecule has 2 aliphatic carbocycles. The van der Waals surface area contributed by atoms with Crippen molar-refractivity contribution in [2.45, 2.75) is 75.8 Å². The Morgan fingerprint density at radius 2 is 1.65 bits per heavy atom. The van der Waals surface area contributed by atoms with Crippen molar-refractivity contribution in [3.8, 4) is 23.3 Å². The van der Waals surface area contributed by atoms with E-state index in [4.69, 9.17) is 24.2 Å². The Balaban J connectivity index is 1.28. The van der Waals surface area contributed by atoms with Crippen molar-refractivity contribution < 1.29 is 43.8 Å². The van der Waals surface area contributed by atoms with E-state index in [-0.39, 0.29) is 68.7 Å². The molecule has 0 bridgehead atoms. The van der Waals surface area contributed by atoms with Crippen LogP contribution in [0.15, 0.2) is 163 Å². The number of nitro benzene ring substituents is 1. The van der Waals surface area contributed by atoms with Crippen molar-refractivity contribution in [3.63, 3.8) is 0 Å². The molecule has 378 valence electrons. The second-order valence-corrected chi connectivity index (χ2v) is 19.0. The van der Waals surface area contributed by atoms with Crippen LogP contribution >= 0.6 is 0 Å². The fourth-order valence-corrected chi connectivity index (χ4v) is 11.2. The summed E-state index contributed by atoms with van der Waals surface area (Å²) in [5.41, 5.74) is 4.91. The predicted octanol–water partition coefficient (Wildman–Crippen LogP) is 11.4. The number of hydrogen-bond acceptors (Lipinski definition) is 12. The molecule has 9 rings (SSSR count). The van der Waals surface area contributed by atoms with E-state index in [1.54, 1.807) is 66.7 Å². The van der Waals surface area contributed by atoms with E-state index in [1.165, 1.54) is 12.1 Å². The van der Waals surface area contributed by atoms with Crippen LogP contribution in [0.5, 0.6) is 17.2 Å². The number of fused-ring (bicyclic) bond motifs is 3. The van der Waals surface area contributed by atoms with E-state index in [1.807, 2.05) is 65.6 Å². The zero-order valence-electron chi connectivity index (χ0n) is 41.0. The van der Waals surface area contributed by atoms with Gasteiger partial charge in [-0.1, -0.05) is 84.7 Å². The van der Waals surface area contributed by atoms with Crippen LogP contribution in [-0.2, 0) is 22.7 Å². The molecule has 3 aliphatic rings. The maximum Gasteiger partial charge on any atom is 0.269 e. The second-order valence-electron chi connectivity index (χ2n) is 19.0. The van der Waals surface area contributed by atoms with Crippen LogP contribution < -0.4 is 9.47 Å². The van der Waals surface area contributed by atoms with Crippen LogP contribution in [0.1, 0.15) is 93.8 Å². The number of aliphatic hydroxyl groups excluding tert-OH is 2. The SMILES string of the molecule is C=CCO[C@@]12Oc3ccc(Oc4cccc(C=O)c4)cc3[C@H]3[C@H](CCCCO)[C@@H](CCCCO)C=C(C(=NOCc4ccc([N+](=O)[O-])cc4)C[C@@H]1N(Cc1cccc4ccccc14)C(=O)c1ccc(C#N)cc1)[C@H]32. The number of nitrogens with zero attached hydrogens (tertiary/aromatic N) is 4. The van der Waals surface area contributed by atoms with Gasteiger partial charge in [-0.05, 0) is 132 Å². The molecule has 6 aromatic rings. The van der Waals surface area contributed by atoms with Gasteiger partial charge in [-0.2, -0.15) is 5.26 Å². The van der Waals surface area contributed by atoms with Crippen LogP contribution in [0.4, 0.5) is 5.69 Å². The lowest BCUT2D eigenvalue weighted by Crippen LogP contribution is -2.70. The molecule has 0 radical (unpaired) electrons. The van der Waals surface area contributed by atoms with Crippen LogP contribution in [0, 0.1) is 39.2 Å². The first-order valence-corrected chi connectivity index (χ1v) is 25.1. The van der Waals surface area contributed by atoms with Gasteiger partial charge in [-0.15, -0.1) is 6.58 Å². The van der Waals surface area contributed by atoms with Gasteiger partial charge >= 0.3 is 0 Å². The molecule has 6 aromatic carbocycles. The molecule has 0 aromatic heterocycles. The minimum Gasteiger partial charge on any atom is -0.459 e. The van der Waals surface area contributed by atoms with Crippen LogP contribution in [-0.4, -0.2) is 69.6 Å². The number of allylic oxidation sites excluding steroid dienone is 1. The lowest BCUT2D eigenvalue weighted by atomic mass is 9.55. The third-order valence-electron chi connectivity index (χ3n) is 14.5. The Morgan fingerprint density at radius 1 is 0.905 bits per heavy atom. The number of oxime groups is 1. The number of amides is 1. The number of non-ortho nitro benzene ring substituents is 1. The van der Waals surface area contributed by atoms with Gasteiger partial charge in [0, 0.05) is 60.9 Å². The molecular formula is C60H58N4O10. The summed E-state index contributed by atoms with van der Waals surface area (Å²) in [5.74, 6) is -1.59. The molecule has 1 aliphatic heterocycles. The third-order valence-corrected chi connectivity index (χ3v) is 14.5. The molecule has 14 nitrogen and oxygen atoms in total. The van der Waals surface area contributed by atoms with Gasteiger partial charge in [0.15, 0.2) is 0 Å². The summed E-state index contributed by atoms with van der Waals surface area (Å²) in [6, 6.07) is 40.5. The normalized spacial score (nSPS) is 21.0. The average molecular weight is 995 g/mol. The van der Waals surface area contributed by atoms with Gasteiger partial charge in [-0.3, -0.25) is 19.7 Å². The van der Waals surface area contributed by atoms with E-state index < -0.39 is 22.7 Å². The molecule has 14 heteroatoms. The number of rotatable bonds is 22. The van der Waals surface area contributed by atoms with Crippen LogP contribution in [0.25, 0.3) is 10.8 Å². The highest BCUT2D eigenvalue weighted by molar-refractivity contribution is 6.03. The fraction of sp³-hybridized carbons (Fsp3) is 0.300. The molecule has 1 fully saturated rings. The zero-order valence-corrected chi connectivity index (χ0v) is 41.0. The predicted molar refractivity (Wildman–Crippen MR) is 280 cm³/mol. The van der Waals surface area contributed by atoms with Crippen molar-refractivity contribution in [2.24, 2.45) is 22.9 Å². The van der Waals surface area contributed by atoms with Crippen molar-refractivity contribution in [1.82, 2.24) is 4.90 Å². The van der Waals surface area contributed by atoms with Crippen molar-refractivity contribution >= 4 is 34.4 Å². The molecule has 74 heavy (non-hydrogen) atoms. The van der Waals surface area contributed by atoms with Crippen molar-refractivity contribution in [2.75, 3.05) is 19.8 Å². The highest BCUT2D eigenvalue weighted by Gasteiger charge is 2.65. The molecule has 0 unspecified atom stereocenters. The number of aldehydes is 1. The summed E-state index contributed by atoms with van der Waals surface area (Å²) in [7, 11) is 0. The Kier molecular flexibility index (Phi) is 16.0. The molecule has 0 spiro atoms. The summed E-state index contributed by atoms with van der Waals surface area (Å²) < 4.78 is 21.3. The number of hydrogen-bond donors (Lipinski definition) is 2. The lowest BCUT2D eigenvalue weighted by molar-refractivity contribution is -0.384. The van der Waals surface area contributed by atoms with Crippen molar-refractivity contribution in [1.29, 1.82) is 5.26 Å². The third kappa shape index (κ3) is 10.7. The molecule has 0 saturated heterocycles. The first-order valence-electron chi connectivity index (χ1n) is 25.1. The average Bonchev–Trinajstić information content (AvgIpc) is 3.47. The van der Waals surface area contributed by atoms with Gasteiger partial charge in [0.1, 0.15) is 36.2 Å². The van der Waals surface area contributed by atoms with Gasteiger partial charge in [0.2, 0.25) is 5.79 Å². The number of nitro groups is 1. The Hall–Kier alpha value is -7.96. The minimum absolute atomic E-state index is 0.00934. The standard InChI is InChI=1S/C60H58N4O10/c1-2-31-71-60-56(63(59(68)44-23-19-40(36-61)20-24-44)37-46-15-10-14-43-12-3-4-17-50(43)46)35-54(62-72-39-41-21-25-47(26-22-41)64(69)70)52-33-45(13-5-7-29-65)51(18-6-8-30-66)57(58(52)60)53-34-49(27-28-55(53)74-60)73-48-16-9-11-42(32-48)38-67/h2-4,9-12,14-17,19-28,32-34,38,45,51,56-58,65-66H,1,5-8,13,18,29-31,35,37,39H2/t45-,51+,56-,57+,58+,60+/m0/s1. The second kappa shape index (κ2) is 23.3. The molecular weight excluding hydrogens is 937 g/mol. The largest absolute Gasteiger partial charge is 0.459 e. The highest BCUT2D eigenvalue weighted by atomic mass is 16.7. The minimum atomic E-state index is -1.60. The van der Waals surface area contributed by atoms with Crippen molar-refractivity contribution in [3.05, 3.63) is 201 Å². The maximum absolute atomic E-state index is 15.7. The zero-order chi connectivity index (χ0) is 51.6. The fourth-order valence-electron chi connectivity index (χ4n) is 11.2. The Bertz CT molecular complexity index is 3110. The van der Waals surface area contributed by atoms with E-state index >= 15 is 4.79 Å². The quantitative estimate of drug-likeness (QED) is 0.0216. The number of benzene rings is 6. The number of carbonyl (C=O) groups is 2. The summed E-state index contributed by atoms with van der Waals surface area (Å²) in [4.78, 5) is 46.7. The monoisotopic (exact) mass is 994 g/mol. The molecule has 2 N–H and O–H groups in total. The number of aliphatic hydroxyl groups is 2. The number of carbonyl (C=O) groups excluding carboxylic acids is 2. The van der Waals surface area contributed by atoms with Crippen LogP contribution in [0.3, 0.4) is 0 Å². The summed E-state index contributed by atoms with van der Waals surface area (Å²) in [6.45, 7) is 4.29. The van der Waals surface area contributed by atoms with Gasteiger partial charge in [0.05, 0.1) is 34.8 Å². The summed E-state index contributed by atoms with van der Waals surface area (Å²) in [6.07, 6.45) is 8.85. The molecule has 1 amide bonds. The van der Waals surface area contributed by atoms with E-state index in [0.717, 1.165) is 46.6 Å². The van der Waals surface area contributed by atoms with Crippen LogP contribution in [0.2, 0.25) is 0 Å². The number of unbranched alkanes of at least 4 members (excludes halogenated alkanes) is 2. The lowest BCUT2D eigenvalue weighted by Gasteiger charge is -2.60. The number of nitriles is 1. The molecule has 1 saturated carbocycles. The maximum atomic E-state index is 15.7. The van der Waals surface area contributed by atoms with Gasteiger partial charge < -0.3 is 34.2 Å². The Morgan fingerprint density at radius 3 is 2.39 bits per heavy atom. The van der Waals surface area contributed by atoms with E-state index in [2.05, 4.69) is 18.7 Å². The smallest absolute Gasteiger partial charge is 0.269 e. The summed E-state index contributed by atoms with van der Waals surface area (Å²) in [5, 5.41) is 48.4. The number of ether oxygens (including phenoxy) is 3. The van der Waals surface area contributed by atoms with E-state index in [0.29, 0.717) is 70.9 Å². The topological polar surface area (TPSA) is 194 Å². The first kappa shape index (κ1) is 51.0. The molecule has 6 atom stereocenters. The molecule has 1 heterocycles.